The fraction of sp³-hybridized carbons (Fsp3) is 0.880. The number of carboxylic acid groups (broad SMARTS) is 1. The van der Waals surface area contributed by atoms with Crippen LogP contribution in [0.4, 0.5) is 0 Å². The Kier molecular flexibility index (Phi) is 28.2. The van der Waals surface area contributed by atoms with E-state index in [9.17, 15) is 14.4 Å². The van der Waals surface area contributed by atoms with Crippen molar-refractivity contribution in [3.8, 4) is 0 Å². The third-order valence-corrected chi connectivity index (χ3v) is 4.91. The van der Waals surface area contributed by atoms with Crippen molar-refractivity contribution in [2.75, 3.05) is 98.9 Å². The molecule has 0 bridgehead atoms. The molecule has 0 saturated heterocycles. The van der Waals surface area contributed by atoms with Gasteiger partial charge in [-0.2, -0.15) is 0 Å². The van der Waals surface area contributed by atoms with Crippen molar-refractivity contribution in [3.05, 3.63) is 0 Å². The molecule has 5 N–H and O–H groups in total. The molecule has 2 amide bonds. The zero-order valence-electron chi connectivity index (χ0n) is 22.8. The minimum Gasteiger partial charge on any atom is -0.481 e. The number of nitrogens with one attached hydrogen (secondary N) is 2. The molecule has 0 aromatic rings. The quantitative estimate of drug-likeness (QED) is 0.0890. The van der Waals surface area contributed by atoms with E-state index in [-0.39, 0.29) is 24.8 Å². The number of nitrogens with two attached hydrogens (primary N) is 1. The van der Waals surface area contributed by atoms with Gasteiger partial charge >= 0.3 is 5.97 Å². The Morgan fingerprint density at radius 3 is 1.53 bits per heavy atom. The fourth-order valence-electron chi connectivity index (χ4n) is 2.92. The summed E-state index contributed by atoms with van der Waals surface area (Å²) in [5.41, 5.74) is 5.31. The highest BCUT2D eigenvalue weighted by atomic mass is 16.6. The van der Waals surface area contributed by atoms with Gasteiger partial charge in [0.1, 0.15) is 0 Å². The molecule has 0 spiro atoms. The third kappa shape index (κ3) is 30.4. The normalized spacial score (nSPS) is 11.0. The van der Waals surface area contributed by atoms with Crippen LogP contribution >= 0.6 is 0 Å². The van der Waals surface area contributed by atoms with E-state index in [1.807, 2.05) is 0 Å². The summed E-state index contributed by atoms with van der Waals surface area (Å²) in [5, 5.41) is 14.2. The van der Waals surface area contributed by atoms with Gasteiger partial charge in [-0.15, -0.1) is 0 Å². The van der Waals surface area contributed by atoms with Gasteiger partial charge in [0.15, 0.2) is 0 Å². The summed E-state index contributed by atoms with van der Waals surface area (Å²) in [6.45, 7) is 6.48. The third-order valence-electron chi connectivity index (χ3n) is 4.91. The lowest BCUT2D eigenvalue weighted by molar-refractivity contribution is -0.138. The number of rotatable bonds is 30. The van der Waals surface area contributed by atoms with Crippen molar-refractivity contribution in [3.63, 3.8) is 0 Å². The van der Waals surface area contributed by atoms with E-state index < -0.39 is 5.97 Å². The lowest BCUT2D eigenvalue weighted by atomic mass is 10.1. The first-order valence-electron chi connectivity index (χ1n) is 13.5. The van der Waals surface area contributed by atoms with Gasteiger partial charge in [0.05, 0.1) is 85.7 Å². The first-order valence-corrected chi connectivity index (χ1v) is 13.5. The lowest BCUT2D eigenvalue weighted by Gasteiger charge is -2.08. The van der Waals surface area contributed by atoms with Crippen molar-refractivity contribution in [1.29, 1.82) is 0 Å². The van der Waals surface area contributed by atoms with Crippen LogP contribution in [-0.2, 0) is 42.8 Å². The maximum Gasteiger partial charge on any atom is 0.305 e. The SMILES string of the molecule is NCCOCCOCCC(=O)NCCCCCCC(=O)NCCOCCOCCOCCOCCC(=O)O. The van der Waals surface area contributed by atoms with E-state index in [1.54, 1.807) is 0 Å². The Hall–Kier alpha value is -1.87. The van der Waals surface area contributed by atoms with Crippen molar-refractivity contribution in [2.45, 2.75) is 44.9 Å². The Balaban J connectivity index is 3.25. The Morgan fingerprint density at radius 1 is 0.500 bits per heavy atom. The number of unbranched alkanes of at least 4 members (excludes halogenated alkanes) is 3. The number of amides is 2. The predicted molar refractivity (Wildman–Crippen MR) is 140 cm³/mol. The number of ether oxygens (including phenoxy) is 6. The van der Waals surface area contributed by atoms with Crippen LogP contribution in [0.15, 0.2) is 0 Å². The van der Waals surface area contributed by atoms with Crippen LogP contribution in [0, 0.1) is 0 Å². The number of hydrogen-bond acceptors (Lipinski definition) is 10. The number of hydrogen-bond donors (Lipinski definition) is 4. The molecule has 0 saturated carbocycles. The van der Waals surface area contributed by atoms with Crippen LogP contribution in [0.3, 0.4) is 0 Å². The minimum atomic E-state index is -0.883. The van der Waals surface area contributed by atoms with Crippen molar-refractivity contribution >= 4 is 17.8 Å². The summed E-state index contributed by atoms with van der Waals surface area (Å²) >= 11 is 0. The Bertz CT molecular complexity index is 570. The summed E-state index contributed by atoms with van der Waals surface area (Å²) in [4.78, 5) is 33.9. The maximum atomic E-state index is 11.8. The van der Waals surface area contributed by atoms with Gasteiger partial charge < -0.3 is 49.9 Å². The predicted octanol–water partition coefficient (Wildman–Crippen LogP) is 0.0924. The largest absolute Gasteiger partial charge is 0.481 e. The van der Waals surface area contributed by atoms with E-state index in [0.717, 1.165) is 25.7 Å². The zero-order valence-corrected chi connectivity index (χ0v) is 22.8. The maximum absolute atomic E-state index is 11.8. The standard InChI is InChI=1S/C25H49N3O10/c26-8-13-35-17-15-33-11-6-24(30)27-9-4-2-1-3-5-23(29)28-10-14-36-18-20-38-22-21-37-19-16-34-12-7-25(31)32/h1-22,26H2,(H,27,30)(H,28,29)(H,31,32). The molecule has 0 atom stereocenters. The molecular formula is C25H49N3O10. The highest BCUT2D eigenvalue weighted by Gasteiger charge is 2.03. The zero-order chi connectivity index (χ0) is 27.9. The molecule has 0 heterocycles. The second-order valence-corrected chi connectivity index (χ2v) is 8.22. The second-order valence-electron chi connectivity index (χ2n) is 8.22. The molecule has 38 heavy (non-hydrogen) atoms. The van der Waals surface area contributed by atoms with Gasteiger partial charge in [0.2, 0.25) is 11.8 Å². The molecule has 0 fully saturated rings. The molecule has 13 heteroatoms. The minimum absolute atomic E-state index is 0.00988. The van der Waals surface area contributed by atoms with Crippen molar-refractivity contribution < 1.29 is 47.9 Å². The summed E-state index contributed by atoms with van der Waals surface area (Å²) in [6, 6.07) is 0. The Labute approximate surface area is 226 Å². The van der Waals surface area contributed by atoms with Crippen LogP contribution in [0.25, 0.3) is 0 Å². The topological polar surface area (TPSA) is 177 Å². The molecule has 0 aromatic heterocycles. The first-order chi connectivity index (χ1) is 18.6. The highest BCUT2D eigenvalue weighted by molar-refractivity contribution is 5.76. The van der Waals surface area contributed by atoms with Crippen LogP contribution < -0.4 is 16.4 Å². The molecule has 0 aliphatic carbocycles. The van der Waals surface area contributed by atoms with Crippen molar-refractivity contribution in [2.24, 2.45) is 5.73 Å². The summed E-state index contributed by atoms with van der Waals surface area (Å²) in [5.74, 6) is -0.897. The highest BCUT2D eigenvalue weighted by Crippen LogP contribution is 2.02. The van der Waals surface area contributed by atoms with E-state index in [1.165, 1.54) is 0 Å². The van der Waals surface area contributed by atoms with Crippen LogP contribution in [0.2, 0.25) is 0 Å². The van der Waals surface area contributed by atoms with Gasteiger partial charge in [0, 0.05) is 32.5 Å². The van der Waals surface area contributed by atoms with Crippen LogP contribution in [0.5, 0.6) is 0 Å². The van der Waals surface area contributed by atoms with E-state index >= 15 is 0 Å². The van der Waals surface area contributed by atoms with Gasteiger partial charge in [-0.1, -0.05) is 12.8 Å². The number of carboxylic acids is 1. The molecule has 0 unspecified atom stereocenters. The van der Waals surface area contributed by atoms with E-state index in [2.05, 4.69) is 10.6 Å². The number of aliphatic carboxylic acids is 1. The van der Waals surface area contributed by atoms with E-state index in [0.29, 0.717) is 105 Å². The monoisotopic (exact) mass is 551 g/mol. The summed E-state index contributed by atoms with van der Waals surface area (Å²) in [7, 11) is 0. The number of carbonyl (C=O) groups is 3. The first kappa shape index (κ1) is 36.1. The van der Waals surface area contributed by atoms with Crippen LogP contribution in [0.1, 0.15) is 44.9 Å². The van der Waals surface area contributed by atoms with Gasteiger partial charge in [-0.25, -0.2) is 0 Å². The number of carbonyl (C=O) groups excluding carboxylic acids is 2. The molecule has 224 valence electrons. The Morgan fingerprint density at radius 2 is 0.947 bits per heavy atom. The molecule has 0 aromatic carbocycles. The molecular weight excluding hydrogens is 502 g/mol. The molecule has 0 aliphatic heterocycles. The smallest absolute Gasteiger partial charge is 0.305 e. The average Bonchev–Trinajstić information content (AvgIpc) is 2.89. The van der Waals surface area contributed by atoms with E-state index in [4.69, 9.17) is 39.3 Å². The average molecular weight is 552 g/mol. The van der Waals surface area contributed by atoms with Crippen LogP contribution in [-0.4, -0.2) is 122 Å². The lowest BCUT2D eigenvalue weighted by Crippen LogP contribution is -2.27. The van der Waals surface area contributed by atoms with Gasteiger partial charge in [-0.3, -0.25) is 14.4 Å². The molecule has 0 aliphatic rings. The molecule has 13 nitrogen and oxygen atoms in total. The molecule has 0 radical (unpaired) electrons. The fourth-order valence-corrected chi connectivity index (χ4v) is 2.92. The summed E-state index contributed by atoms with van der Waals surface area (Å²) < 4.78 is 31.7. The summed E-state index contributed by atoms with van der Waals surface area (Å²) in [6.07, 6.45) is 4.38. The molecule has 0 rings (SSSR count). The second kappa shape index (κ2) is 29.7. The van der Waals surface area contributed by atoms with Gasteiger partial charge in [-0.05, 0) is 12.8 Å². The van der Waals surface area contributed by atoms with Gasteiger partial charge in [0.25, 0.3) is 0 Å². The van der Waals surface area contributed by atoms with Crippen molar-refractivity contribution in [1.82, 2.24) is 10.6 Å².